The van der Waals surface area contributed by atoms with Crippen molar-refractivity contribution in [3.05, 3.63) is 57.8 Å². The Bertz CT molecular complexity index is 1040. The first-order chi connectivity index (χ1) is 14.0. The Morgan fingerprint density at radius 1 is 1.14 bits per heavy atom. The van der Waals surface area contributed by atoms with Crippen molar-refractivity contribution in [2.45, 2.75) is 0 Å². The number of nitrogens with one attached hydrogen (secondary N) is 1. The molecule has 1 N–H and O–H groups in total. The molecule has 29 heavy (non-hydrogen) atoms. The summed E-state index contributed by atoms with van der Waals surface area (Å²) >= 11 is 13.5. The SMILES string of the molecule is O=C(NCCN1CCN(c2nc3ccc(F)cc3s2)CC1)c1cc(Cl)ccc1Cl. The van der Waals surface area contributed by atoms with Gasteiger partial charge in [0, 0.05) is 44.3 Å². The molecule has 2 aromatic carbocycles. The average molecular weight is 453 g/mol. The summed E-state index contributed by atoms with van der Waals surface area (Å²) in [7, 11) is 0. The van der Waals surface area contributed by atoms with Gasteiger partial charge in [-0.2, -0.15) is 0 Å². The summed E-state index contributed by atoms with van der Waals surface area (Å²) in [5.41, 5.74) is 1.22. The maximum atomic E-state index is 13.4. The molecule has 9 heteroatoms. The largest absolute Gasteiger partial charge is 0.351 e. The van der Waals surface area contributed by atoms with E-state index >= 15 is 0 Å². The van der Waals surface area contributed by atoms with Gasteiger partial charge in [-0.05, 0) is 36.4 Å². The van der Waals surface area contributed by atoms with E-state index in [0.29, 0.717) is 22.2 Å². The second kappa shape index (κ2) is 8.83. The molecule has 0 aliphatic carbocycles. The second-order valence-corrected chi connectivity index (χ2v) is 8.67. The third kappa shape index (κ3) is 4.80. The number of fused-ring (bicyclic) bond motifs is 1. The highest BCUT2D eigenvalue weighted by molar-refractivity contribution is 7.22. The summed E-state index contributed by atoms with van der Waals surface area (Å²) in [6, 6.07) is 9.53. The van der Waals surface area contributed by atoms with Crippen molar-refractivity contribution in [1.29, 1.82) is 0 Å². The molecular formula is C20H19Cl2FN4OS. The molecule has 0 radical (unpaired) electrons. The highest BCUT2D eigenvalue weighted by Crippen LogP contribution is 2.29. The molecule has 5 nitrogen and oxygen atoms in total. The maximum Gasteiger partial charge on any atom is 0.252 e. The predicted molar refractivity (Wildman–Crippen MR) is 117 cm³/mol. The lowest BCUT2D eigenvalue weighted by Crippen LogP contribution is -2.48. The van der Waals surface area contributed by atoms with Gasteiger partial charge in [0.1, 0.15) is 5.82 Å². The van der Waals surface area contributed by atoms with E-state index in [1.54, 1.807) is 24.3 Å². The number of amides is 1. The topological polar surface area (TPSA) is 48.5 Å². The summed E-state index contributed by atoms with van der Waals surface area (Å²) in [4.78, 5) is 21.4. The van der Waals surface area contributed by atoms with E-state index in [-0.39, 0.29) is 11.7 Å². The zero-order valence-corrected chi connectivity index (χ0v) is 17.8. The number of hydrogen-bond donors (Lipinski definition) is 1. The summed E-state index contributed by atoms with van der Waals surface area (Å²) in [6.07, 6.45) is 0. The van der Waals surface area contributed by atoms with Crippen molar-refractivity contribution in [3.63, 3.8) is 0 Å². The van der Waals surface area contributed by atoms with E-state index in [1.165, 1.54) is 23.5 Å². The molecule has 152 valence electrons. The molecule has 0 spiro atoms. The summed E-state index contributed by atoms with van der Waals surface area (Å²) < 4.78 is 14.2. The monoisotopic (exact) mass is 452 g/mol. The smallest absolute Gasteiger partial charge is 0.252 e. The highest BCUT2D eigenvalue weighted by Gasteiger charge is 2.20. The number of carbonyl (C=O) groups is 1. The van der Waals surface area contributed by atoms with Crippen LogP contribution in [0.15, 0.2) is 36.4 Å². The van der Waals surface area contributed by atoms with Gasteiger partial charge in [-0.1, -0.05) is 34.5 Å². The summed E-state index contributed by atoms with van der Waals surface area (Å²) in [5.74, 6) is -0.462. The third-order valence-electron chi connectivity index (χ3n) is 4.87. The van der Waals surface area contributed by atoms with Crippen LogP contribution in [0.4, 0.5) is 9.52 Å². The van der Waals surface area contributed by atoms with E-state index in [4.69, 9.17) is 23.2 Å². The molecule has 3 aromatic rings. The van der Waals surface area contributed by atoms with Gasteiger partial charge in [0.2, 0.25) is 0 Å². The van der Waals surface area contributed by atoms with Crippen LogP contribution in [0.1, 0.15) is 10.4 Å². The molecular weight excluding hydrogens is 434 g/mol. The van der Waals surface area contributed by atoms with Crippen LogP contribution in [0.3, 0.4) is 0 Å². The number of halogens is 3. The fraction of sp³-hybridized carbons (Fsp3) is 0.300. The van der Waals surface area contributed by atoms with Gasteiger partial charge in [0.05, 0.1) is 20.8 Å². The molecule has 1 fully saturated rings. The van der Waals surface area contributed by atoms with E-state index in [9.17, 15) is 9.18 Å². The first-order valence-electron chi connectivity index (χ1n) is 9.26. The lowest BCUT2D eigenvalue weighted by Gasteiger charge is -2.34. The minimum absolute atomic E-state index is 0.224. The van der Waals surface area contributed by atoms with E-state index < -0.39 is 0 Å². The Balaban J connectivity index is 1.26. The van der Waals surface area contributed by atoms with Crippen LogP contribution in [0, 0.1) is 5.82 Å². The Hall–Kier alpha value is -1.93. The number of benzene rings is 2. The van der Waals surface area contributed by atoms with Gasteiger partial charge in [0.25, 0.3) is 5.91 Å². The number of aromatic nitrogens is 1. The van der Waals surface area contributed by atoms with E-state index in [0.717, 1.165) is 48.1 Å². The molecule has 1 aromatic heterocycles. The van der Waals surface area contributed by atoms with Crippen molar-refractivity contribution in [2.24, 2.45) is 0 Å². The summed E-state index contributed by atoms with van der Waals surface area (Å²) in [6.45, 7) is 4.72. The Morgan fingerprint density at radius 3 is 2.72 bits per heavy atom. The van der Waals surface area contributed by atoms with Crippen molar-refractivity contribution in [2.75, 3.05) is 44.2 Å². The van der Waals surface area contributed by atoms with Crippen molar-refractivity contribution in [1.82, 2.24) is 15.2 Å². The van der Waals surface area contributed by atoms with Crippen molar-refractivity contribution in [3.8, 4) is 0 Å². The van der Waals surface area contributed by atoms with Crippen molar-refractivity contribution >= 4 is 55.8 Å². The predicted octanol–water partition coefficient (Wildman–Crippen LogP) is 4.29. The molecule has 0 atom stereocenters. The normalized spacial score (nSPS) is 15.1. The maximum absolute atomic E-state index is 13.4. The molecule has 4 rings (SSSR count). The van der Waals surface area contributed by atoms with Crippen molar-refractivity contribution < 1.29 is 9.18 Å². The Kier molecular flexibility index (Phi) is 6.20. The van der Waals surface area contributed by atoms with Crippen LogP contribution >= 0.6 is 34.5 Å². The molecule has 2 heterocycles. The lowest BCUT2D eigenvalue weighted by atomic mass is 10.2. The fourth-order valence-corrected chi connectivity index (χ4v) is 4.70. The number of piperazine rings is 1. The van der Waals surface area contributed by atoms with Crippen LogP contribution in [0.2, 0.25) is 10.0 Å². The number of carbonyl (C=O) groups excluding carboxylic acids is 1. The molecule has 0 saturated carbocycles. The minimum Gasteiger partial charge on any atom is -0.351 e. The quantitative estimate of drug-likeness (QED) is 0.626. The van der Waals surface area contributed by atoms with Crippen LogP contribution in [-0.4, -0.2) is 55.1 Å². The van der Waals surface area contributed by atoms with Crippen LogP contribution < -0.4 is 10.2 Å². The Labute approximate surface area is 182 Å². The van der Waals surface area contributed by atoms with Gasteiger partial charge >= 0.3 is 0 Å². The molecule has 1 aliphatic heterocycles. The van der Waals surface area contributed by atoms with Gasteiger partial charge in [-0.25, -0.2) is 9.37 Å². The number of nitrogens with zero attached hydrogens (tertiary/aromatic N) is 3. The lowest BCUT2D eigenvalue weighted by molar-refractivity contribution is 0.0948. The zero-order chi connectivity index (χ0) is 20.4. The first kappa shape index (κ1) is 20.3. The minimum atomic E-state index is -0.237. The van der Waals surface area contributed by atoms with Crippen LogP contribution in [0.5, 0.6) is 0 Å². The molecule has 0 unspecified atom stereocenters. The molecule has 1 aliphatic rings. The Morgan fingerprint density at radius 2 is 1.93 bits per heavy atom. The van der Waals surface area contributed by atoms with Crippen LogP contribution in [-0.2, 0) is 0 Å². The van der Waals surface area contributed by atoms with Gasteiger partial charge < -0.3 is 10.2 Å². The first-order valence-corrected chi connectivity index (χ1v) is 10.8. The number of hydrogen-bond acceptors (Lipinski definition) is 5. The molecule has 1 amide bonds. The highest BCUT2D eigenvalue weighted by atomic mass is 35.5. The fourth-order valence-electron chi connectivity index (χ4n) is 3.28. The third-order valence-corrected chi connectivity index (χ3v) is 6.51. The molecule has 1 saturated heterocycles. The van der Waals surface area contributed by atoms with E-state index in [1.807, 2.05) is 0 Å². The molecule has 0 bridgehead atoms. The standard InChI is InChI=1S/C20H19Cl2FN4OS/c21-13-1-3-16(22)15(11-13)19(28)24-5-6-26-7-9-27(10-8-26)20-25-17-4-2-14(23)12-18(17)29-20/h1-4,11-12H,5-10H2,(H,24,28). The zero-order valence-electron chi connectivity index (χ0n) is 15.5. The van der Waals surface area contributed by atoms with Gasteiger partial charge in [0.15, 0.2) is 5.13 Å². The average Bonchev–Trinajstić information content (AvgIpc) is 3.13. The van der Waals surface area contributed by atoms with Gasteiger partial charge in [-0.15, -0.1) is 0 Å². The number of anilines is 1. The van der Waals surface area contributed by atoms with Crippen LogP contribution in [0.25, 0.3) is 10.2 Å². The van der Waals surface area contributed by atoms with E-state index in [2.05, 4.69) is 20.1 Å². The number of rotatable bonds is 5. The number of thiazole rings is 1. The summed E-state index contributed by atoms with van der Waals surface area (Å²) in [5, 5.41) is 4.69. The van der Waals surface area contributed by atoms with Gasteiger partial charge in [-0.3, -0.25) is 9.69 Å². The second-order valence-electron chi connectivity index (χ2n) is 6.82.